The van der Waals surface area contributed by atoms with Crippen molar-refractivity contribution in [3.8, 4) is 5.75 Å². The van der Waals surface area contributed by atoms with Crippen LogP contribution in [0.5, 0.6) is 5.75 Å². The Kier molecular flexibility index (Phi) is 7.79. The van der Waals surface area contributed by atoms with Crippen molar-refractivity contribution >= 4 is 11.9 Å². The van der Waals surface area contributed by atoms with Crippen molar-refractivity contribution in [3.05, 3.63) is 65.7 Å². The number of carbonyl (C=O) groups excluding carboxylic acids is 2. The van der Waals surface area contributed by atoms with E-state index in [0.29, 0.717) is 16.9 Å². The number of likely N-dealkylation sites (N-methyl/N-ethyl adjacent to an activating group) is 1. The molecule has 0 aromatic heterocycles. The van der Waals surface area contributed by atoms with Gasteiger partial charge in [-0.1, -0.05) is 30.3 Å². The molecule has 0 aliphatic heterocycles. The van der Waals surface area contributed by atoms with Gasteiger partial charge >= 0.3 is 11.9 Å². The summed E-state index contributed by atoms with van der Waals surface area (Å²) in [4.78, 5) is 24.7. The third-order valence-corrected chi connectivity index (χ3v) is 3.86. The van der Waals surface area contributed by atoms with E-state index in [1.807, 2.05) is 0 Å². The number of hydrogen-bond acceptors (Lipinski definition) is 7. The summed E-state index contributed by atoms with van der Waals surface area (Å²) < 4.78 is 20.7. The maximum absolute atomic E-state index is 12.5. The standard InChI is InChI=1S/C20H23NO6/c1-21-17(20(23)25-3)18(27-19(22)15-7-5-4-6-8-15)14-9-11-16(12-10-14)26-13-24-2/h4-12,17-18,21H,13H2,1-3H3/t17-,18?/m0/s1. The summed E-state index contributed by atoms with van der Waals surface area (Å²) in [6.07, 6.45) is -0.883. The lowest BCUT2D eigenvalue weighted by Crippen LogP contribution is -2.42. The van der Waals surface area contributed by atoms with Gasteiger partial charge in [0.25, 0.3) is 0 Å². The second kappa shape index (κ2) is 10.3. The van der Waals surface area contributed by atoms with Gasteiger partial charge in [0.1, 0.15) is 11.8 Å². The summed E-state index contributed by atoms with van der Waals surface area (Å²) in [6, 6.07) is 14.6. The fourth-order valence-corrected chi connectivity index (χ4v) is 2.49. The van der Waals surface area contributed by atoms with Crippen molar-refractivity contribution in [1.29, 1.82) is 0 Å². The van der Waals surface area contributed by atoms with E-state index in [1.165, 1.54) is 14.2 Å². The van der Waals surface area contributed by atoms with Crippen molar-refractivity contribution in [2.75, 3.05) is 28.1 Å². The summed E-state index contributed by atoms with van der Waals surface area (Å²) >= 11 is 0. The van der Waals surface area contributed by atoms with Crippen LogP contribution in [0.2, 0.25) is 0 Å². The SMILES string of the molecule is CN[C@H](C(=O)OC)C(OC(=O)c1ccccc1)c1ccc(OCOC)cc1. The molecular weight excluding hydrogens is 350 g/mol. The predicted octanol–water partition coefficient (Wildman–Crippen LogP) is 2.33. The van der Waals surface area contributed by atoms with Gasteiger partial charge in [-0.05, 0) is 36.9 Å². The molecule has 0 heterocycles. The minimum absolute atomic E-state index is 0.118. The number of esters is 2. The Balaban J connectivity index is 2.28. The monoisotopic (exact) mass is 373 g/mol. The van der Waals surface area contributed by atoms with E-state index in [2.05, 4.69) is 5.32 Å². The molecule has 1 N–H and O–H groups in total. The van der Waals surface area contributed by atoms with Crippen LogP contribution in [-0.2, 0) is 19.0 Å². The molecule has 0 fully saturated rings. The third-order valence-electron chi connectivity index (χ3n) is 3.86. The van der Waals surface area contributed by atoms with Gasteiger partial charge in [0.05, 0.1) is 12.7 Å². The van der Waals surface area contributed by atoms with Crippen LogP contribution < -0.4 is 10.1 Å². The van der Waals surface area contributed by atoms with Gasteiger partial charge in [-0.15, -0.1) is 0 Å². The second-order valence-electron chi connectivity index (χ2n) is 5.60. The van der Waals surface area contributed by atoms with E-state index < -0.39 is 24.1 Å². The minimum Gasteiger partial charge on any atom is -0.468 e. The zero-order chi connectivity index (χ0) is 19.6. The maximum atomic E-state index is 12.5. The molecule has 7 nitrogen and oxygen atoms in total. The lowest BCUT2D eigenvalue weighted by Gasteiger charge is -2.25. The molecule has 2 aromatic rings. The zero-order valence-electron chi connectivity index (χ0n) is 15.5. The van der Waals surface area contributed by atoms with Gasteiger partial charge in [-0.25, -0.2) is 4.79 Å². The first-order valence-corrected chi connectivity index (χ1v) is 8.33. The molecule has 2 rings (SSSR count). The smallest absolute Gasteiger partial charge is 0.338 e. The van der Waals surface area contributed by atoms with E-state index in [0.717, 1.165) is 0 Å². The Morgan fingerprint density at radius 2 is 1.67 bits per heavy atom. The highest BCUT2D eigenvalue weighted by Crippen LogP contribution is 2.26. The highest BCUT2D eigenvalue weighted by atomic mass is 16.7. The van der Waals surface area contributed by atoms with Crippen LogP contribution in [0.1, 0.15) is 22.0 Å². The van der Waals surface area contributed by atoms with E-state index in [4.69, 9.17) is 18.9 Å². The molecule has 2 atom stereocenters. The topological polar surface area (TPSA) is 83.1 Å². The molecule has 27 heavy (non-hydrogen) atoms. The molecule has 7 heteroatoms. The Morgan fingerprint density at radius 3 is 2.22 bits per heavy atom. The first kappa shape index (κ1) is 20.4. The van der Waals surface area contributed by atoms with Crippen LogP contribution in [0, 0.1) is 0 Å². The number of nitrogens with one attached hydrogen (secondary N) is 1. The molecule has 0 aliphatic rings. The first-order valence-electron chi connectivity index (χ1n) is 8.33. The summed E-state index contributed by atoms with van der Waals surface area (Å²) in [7, 11) is 4.41. The highest BCUT2D eigenvalue weighted by molar-refractivity contribution is 5.90. The van der Waals surface area contributed by atoms with Gasteiger partial charge in [-0.3, -0.25) is 4.79 Å². The normalized spacial score (nSPS) is 12.7. The van der Waals surface area contributed by atoms with E-state index in [9.17, 15) is 9.59 Å². The number of ether oxygens (including phenoxy) is 4. The van der Waals surface area contributed by atoms with Crippen molar-refractivity contribution in [3.63, 3.8) is 0 Å². The quantitative estimate of drug-likeness (QED) is 0.533. The summed E-state index contributed by atoms with van der Waals surface area (Å²) in [5.74, 6) is -0.486. The van der Waals surface area contributed by atoms with Crippen molar-refractivity contribution < 1.29 is 28.5 Å². The molecular formula is C20H23NO6. The number of methoxy groups -OCH3 is 2. The van der Waals surface area contributed by atoms with Crippen LogP contribution in [0.3, 0.4) is 0 Å². The lowest BCUT2D eigenvalue weighted by atomic mass is 10.0. The number of hydrogen-bond donors (Lipinski definition) is 1. The molecule has 0 radical (unpaired) electrons. The molecule has 144 valence electrons. The van der Waals surface area contributed by atoms with Crippen LogP contribution in [0.15, 0.2) is 54.6 Å². The van der Waals surface area contributed by atoms with Crippen LogP contribution in [0.4, 0.5) is 0 Å². The molecule has 0 saturated heterocycles. The van der Waals surface area contributed by atoms with Crippen LogP contribution in [-0.4, -0.2) is 46.0 Å². The van der Waals surface area contributed by atoms with Gasteiger partial charge < -0.3 is 24.3 Å². The summed E-state index contributed by atoms with van der Waals surface area (Å²) in [5, 5.41) is 2.85. The van der Waals surface area contributed by atoms with Crippen molar-refractivity contribution in [2.24, 2.45) is 0 Å². The highest BCUT2D eigenvalue weighted by Gasteiger charge is 2.33. The van der Waals surface area contributed by atoms with Gasteiger partial charge in [-0.2, -0.15) is 0 Å². The van der Waals surface area contributed by atoms with E-state index in [1.54, 1.807) is 61.6 Å². The molecule has 0 bridgehead atoms. The zero-order valence-corrected chi connectivity index (χ0v) is 15.5. The van der Waals surface area contributed by atoms with Crippen LogP contribution in [0.25, 0.3) is 0 Å². The predicted molar refractivity (Wildman–Crippen MR) is 98.4 cm³/mol. The van der Waals surface area contributed by atoms with Crippen molar-refractivity contribution in [2.45, 2.75) is 12.1 Å². The molecule has 0 saturated carbocycles. The lowest BCUT2D eigenvalue weighted by molar-refractivity contribution is -0.146. The molecule has 1 unspecified atom stereocenters. The Morgan fingerprint density at radius 1 is 1.00 bits per heavy atom. The molecule has 2 aromatic carbocycles. The number of benzene rings is 2. The minimum atomic E-state index is -0.883. The van der Waals surface area contributed by atoms with E-state index >= 15 is 0 Å². The van der Waals surface area contributed by atoms with Gasteiger partial charge in [0.15, 0.2) is 12.9 Å². The maximum Gasteiger partial charge on any atom is 0.338 e. The Bertz CT molecular complexity index is 732. The Hall–Kier alpha value is -2.90. The van der Waals surface area contributed by atoms with Crippen LogP contribution >= 0.6 is 0 Å². The fraction of sp³-hybridized carbons (Fsp3) is 0.300. The number of rotatable bonds is 9. The van der Waals surface area contributed by atoms with Gasteiger partial charge in [0, 0.05) is 7.11 Å². The average molecular weight is 373 g/mol. The number of carbonyl (C=O) groups is 2. The largest absolute Gasteiger partial charge is 0.468 e. The second-order valence-corrected chi connectivity index (χ2v) is 5.60. The molecule has 0 amide bonds. The van der Waals surface area contributed by atoms with E-state index in [-0.39, 0.29) is 6.79 Å². The fourth-order valence-electron chi connectivity index (χ4n) is 2.49. The van der Waals surface area contributed by atoms with Gasteiger partial charge in [0.2, 0.25) is 0 Å². The van der Waals surface area contributed by atoms with Crippen molar-refractivity contribution in [1.82, 2.24) is 5.32 Å². The Labute approximate surface area is 158 Å². The summed E-state index contributed by atoms with van der Waals surface area (Å²) in [5.41, 5.74) is 1.01. The molecule has 0 spiro atoms. The third kappa shape index (κ3) is 5.54. The molecule has 0 aliphatic carbocycles. The first-order chi connectivity index (χ1) is 13.1. The average Bonchev–Trinajstić information content (AvgIpc) is 2.72. The summed E-state index contributed by atoms with van der Waals surface area (Å²) in [6.45, 7) is 0.118.